The van der Waals surface area contributed by atoms with Crippen LogP contribution < -0.4 is 14.5 Å². The number of rotatable bonds is 5. The molecule has 2 aliphatic rings. The highest BCUT2D eigenvalue weighted by Crippen LogP contribution is 2.39. The number of aromatic nitrogens is 2. The Morgan fingerprint density at radius 3 is 2.37 bits per heavy atom. The van der Waals surface area contributed by atoms with Crippen molar-refractivity contribution in [2.75, 3.05) is 54.0 Å². The van der Waals surface area contributed by atoms with Crippen molar-refractivity contribution < 1.29 is 26.4 Å². The fraction of sp³-hybridized carbons (Fsp3) is 0.545. The highest BCUT2D eigenvalue weighted by molar-refractivity contribution is 7.92. The normalized spacial score (nSPS) is 17.6. The number of benzene rings is 1. The number of nitrogens with one attached hydrogen (secondary N) is 1. The van der Waals surface area contributed by atoms with Gasteiger partial charge in [0.25, 0.3) is 0 Å². The van der Waals surface area contributed by atoms with Crippen molar-refractivity contribution >= 4 is 33.2 Å². The molecule has 1 aromatic heterocycles. The smallest absolute Gasteiger partial charge is 0.370 e. The van der Waals surface area contributed by atoms with E-state index in [0.29, 0.717) is 31.6 Å². The molecule has 1 amide bonds. The van der Waals surface area contributed by atoms with Crippen molar-refractivity contribution in [2.24, 2.45) is 0 Å². The summed E-state index contributed by atoms with van der Waals surface area (Å²) < 4.78 is 66.2. The average Bonchev–Trinajstić information content (AvgIpc) is 3.49. The Bertz CT molecular complexity index is 1170. The number of anilines is 3. The Balaban J connectivity index is 1.44. The van der Waals surface area contributed by atoms with E-state index in [9.17, 15) is 26.4 Å². The van der Waals surface area contributed by atoms with Crippen LogP contribution in [0.2, 0.25) is 0 Å². The lowest BCUT2D eigenvalue weighted by molar-refractivity contribution is -0.137. The molecule has 1 N–H and O–H groups in total. The van der Waals surface area contributed by atoms with Crippen LogP contribution in [0.3, 0.4) is 0 Å². The van der Waals surface area contributed by atoms with Crippen LogP contribution in [0, 0.1) is 0 Å². The first kappa shape index (κ1) is 25.1. The summed E-state index contributed by atoms with van der Waals surface area (Å²) in [5.74, 6) is 0.0622. The lowest BCUT2D eigenvalue weighted by atomic mass is 10.0. The summed E-state index contributed by atoms with van der Waals surface area (Å²) in [6.07, 6.45) is 1.18. The Hall–Kier alpha value is -2.96. The largest absolute Gasteiger partial charge is 0.416 e. The minimum absolute atomic E-state index is 0.0530. The van der Waals surface area contributed by atoms with Gasteiger partial charge in [0.05, 0.1) is 23.2 Å². The van der Waals surface area contributed by atoms with Crippen LogP contribution in [0.15, 0.2) is 30.5 Å². The highest BCUT2D eigenvalue weighted by atomic mass is 32.2. The first-order valence-electron chi connectivity index (χ1n) is 11.4. The number of hydrogen-bond acceptors (Lipinski definition) is 6. The zero-order valence-corrected chi connectivity index (χ0v) is 20.4. The summed E-state index contributed by atoms with van der Waals surface area (Å²) in [4.78, 5) is 18.5. The van der Waals surface area contributed by atoms with E-state index in [4.69, 9.17) is 0 Å². The molecular formula is C22H29F3N6O3S. The van der Waals surface area contributed by atoms with E-state index < -0.39 is 21.8 Å². The summed E-state index contributed by atoms with van der Waals surface area (Å²) in [5.41, 5.74) is 0.704. The molecule has 0 radical (unpaired) electrons. The van der Waals surface area contributed by atoms with Gasteiger partial charge in [0.2, 0.25) is 10.0 Å². The number of sulfonamides is 1. The maximum atomic E-state index is 13.4. The third-order valence-corrected chi connectivity index (χ3v) is 7.07. The quantitative estimate of drug-likeness (QED) is 0.658. The molecule has 192 valence electrons. The maximum Gasteiger partial charge on any atom is 0.416 e. The molecule has 2 aliphatic heterocycles. The first-order chi connectivity index (χ1) is 16.4. The van der Waals surface area contributed by atoms with Crippen LogP contribution in [0.1, 0.15) is 31.2 Å². The van der Waals surface area contributed by atoms with Crippen LogP contribution in [0.4, 0.5) is 35.2 Å². The van der Waals surface area contributed by atoms with Gasteiger partial charge < -0.3 is 14.7 Å². The third-order valence-electron chi connectivity index (χ3n) is 6.49. The van der Waals surface area contributed by atoms with Gasteiger partial charge in [-0.1, -0.05) is 0 Å². The van der Waals surface area contributed by atoms with Gasteiger partial charge >= 0.3 is 12.2 Å². The average molecular weight is 515 g/mol. The second-order valence-corrected chi connectivity index (χ2v) is 10.8. The van der Waals surface area contributed by atoms with Gasteiger partial charge in [0, 0.05) is 51.5 Å². The molecule has 0 unspecified atom stereocenters. The molecule has 13 heteroatoms. The summed E-state index contributed by atoms with van der Waals surface area (Å²) in [6.45, 7) is 2.36. The summed E-state index contributed by atoms with van der Waals surface area (Å²) in [7, 11) is -1.61. The van der Waals surface area contributed by atoms with Crippen LogP contribution >= 0.6 is 0 Å². The fourth-order valence-electron chi connectivity index (χ4n) is 4.67. The molecule has 0 aliphatic carbocycles. The van der Waals surface area contributed by atoms with E-state index in [1.165, 1.54) is 18.3 Å². The Morgan fingerprint density at radius 1 is 1.11 bits per heavy atom. The van der Waals surface area contributed by atoms with Crippen LogP contribution in [-0.2, 0) is 16.2 Å². The van der Waals surface area contributed by atoms with Crippen molar-refractivity contribution in [2.45, 2.75) is 37.9 Å². The van der Waals surface area contributed by atoms with Gasteiger partial charge in [-0.15, -0.1) is 5.10 Å². The van der Waals surface area contributed by atoms with Crippen molar-refractivity contribution in [1.82, 2.24) is 14.7 Å². The van der Waals surface area contributed by atoms with Crippen molar-refractivity contribution in [3.8, 4) is 0 Å². The molecule has 1 aromatic carbocycles. The zero-order chi connectivity index (χ0) is 25.4. The van der Waals surface area contributed by atoms with Gasteiger partial charge in [-0.3, -0.25) is 4.72 Å². The molecular weight excluding hydrogens is 485 g/mol. The van der Waals surface area contributed by atoms with E-state index >= 15 is 0 Å². The van der Waals surface area contributed by atoms with E-state index in [-0.39, 0.29) is 17.9 Å². The fourth-order valence-corrected chi connectivity index (χ4v) is 5.16. The van der Waals surface area contributed by atoms with Crippen molar-refractivity contribution in [1.29, 1.82) is 0 Å². The van der Waals surface area contributed by atoms with Crippen molar-refractivity contribution in [3.05, 3.63) is 36.0 Å². The minimum Gasteiger partial charge on any atom is -0.370 e. The highest BCUT2D eigenvalue weighted by Gasteiger charge is 2.34. The molecule has 0 spiro atoms. The van der Waals surface area contributed by atoms with Crippen molar-refractivity contribution in [3.63, 3.8) is 0 Å². The molecule has 2 aromatic rings. The number of nitrogens with zero attached hydrogens (tertiary/aromatic N) is 5. The molecule has 0 atom stereocenters. The molecule has 9 nitrogen and oxygen atoms in total. The summed E-state index contributed by atoms with van der Waals surface area (Å²) in [6, 6.07) is 5.02. The summed E-state index contributed by atoms with van der Waals surface area (Å²) in [5, 5.41) is 3.98. The number of carbonyl (C=O) groups is 1. The molecule has 2 saturated heterocycles. The molecule has 4 rings (SSSR count). The topological polar surface area (TPSA) is 90.8 Å². The van der Waals surface area contributed by atoms with Gasteiger partial charge in [-0.25, -0.2) is 13.2 Å². The van der Waals surface area contributed by atoms with E-state index in [1.54, 1.807) is 11.0 Å². The Labute approximate surface area is 202 Å². The predicted octanol–water partition coefficient (Wildman–Crippen LogP) is 3.44. The lowest BCUT2D eigenvalue weighted by Crippen LogP contribution is -2.47. The molecule has 3 heterocycles. The van der Waals surface area contributed by atoms with Crippen LogP contribution in [-0.4, -0.2) is 74.7 Å². The molecule has 2 fully saturated rings. The van der Waals surface area contributed by atoms with Gasteiger partial charge in [0.15, 0.2) is 5.82 Å². The Morgan fingerprint density at radius 2 is 1.77 bits per heavy atom. The SMILES string of the molecule is CN(c1ccc(C(F)(F)F)cc1N1CCCC1)C1CCN(C(=O)n2ccc(NS(C)(=O)=O)n2)CC1. The standard InChI is InChI=1S/C22H29F3N6O3S/c1-28(18-6-5-16(22(23,24)25)15-19(18)29-10-3-4-11-29)17-7-12-30(13-8-17)21(32)31-14-9-20(26-31)27-35(2,33)34/h5-6,9,14-15,17H,3-4,7-8,10-13H2,1-2H3,(H,26,27). The third kappa shape index (κ3) is 5.82. The van der Waals surface area contributed by atoms with Gasteiger partial charge in [0.1, 0.15) is 0 Å². The molecule has 0 bridgehead atoms. The number of alkyl halides is 3. The van der Waals surface area contributed by atoms with Crippen LogP contribution in [0.25, 0.3) is 0 Å². The molecule has 35 heavy (non-hydrogen) atoms. The Kier molecular flexibility index (Phi) is 6.89. The predicted molar refractivity (Wildman–Crippen MR) is 127 cm³/mol. The van der Waals surface area contributed by atoms with E-state index in [0.717, 1.165) is 48.6 Å². The van der Waals surface area contributed by atoms with Gasteiger partial charge in [-0.05, 0) is 43.9 Å². The number of likely N-dealkylation sites (tertiary alicyclic amines) is 1. The van der Waals surface area contributed by atoms with E-state index in [2.05, 4.69) is 9.82 Å². The zero-order valence-electron chi connectivity index (χ0n) is 19.6. The lowest BCUT2D eigenvalue weighted by Gasteiger charge is -2.39. The van der Waals surface area contributed by atoms with Crippen LogP contribution in [0.5, 0.6) is 0 Å². The molecule has 0 saturated carbocycles. The maximum absolute atomic E-state index is 13.4. The van der Waals surface area contributed by atoms with E-state index in [1.807, 2.05) is 16.8 Å². The number of carbonyl (C=O) groups excluding carboxylic acids is 1. The number of hydrogen-bond donors (Lipinski definition) is 1. The monoisotopic (exact) mass is 514 g/mol. The number of halogens is 3. The second-order valence-electron chi connectivity index (χ2n) is 9.03. The van der Waals surface area contributed by atoms with Gasteiger partial charge in [-0.2, -0.15) is 17.9 Å². The first-order valence-corrected chi connectivity index (χ1v) is 13.3. The number of piperidine rings is 1. The minimum atomic E-state index is -4.40. The second kappa shape index (κ2) is 9.59. The summed E-state index contributed by atoms with van der Waals surface area (Å²) >= 11 is 0. The number of amides is 1.